The molecule has 0 radical (unpaired) electrons. The zero-order chi connectivity index (χ0) is 19.9. The number of nitrogens with zero attached hydrogens (tertiary/aromatic N) is 1. The van der Waals surface area contributed by atoms with Crippen LogP contribution >= 0.6 is 0 Å². The third-order valence-electron chi connectivity index (χ3n) is 5.72. The molecule has 0 aromatic heterocycles. The van der Waals surface area contributed by atoms with Gasteiger partial charge in [0.15, 0.2) is 9.84 Å². The molecule has 0 aliphatic carbocycles. The molecule has 2 aliphatic heterocycles. The largest absolute Gasteiger partial charge is 0.223 e. The van der Waals surface area contributed by atoms with E-state index in [0.717, 1.165) is 0 Å². The number of benzene rings is 2. The van der Waals surface area contributed by atoms with Crippen LogP contribution in [0.1, 0.15) is 31.2 Å². The molecule has 0 spiro atoms. The van der Waals surface area contributed by atoms with Crippen LogP contribution in [-0.2, 0) is 25.6 Å². The fraction of sp³-hybridized carbons (Fsp3) is 0.400. The van der Waals surface area contributed by atoms with Crippen LogP contribution in [0.25, 0.3) is 0 Å². The minimum Gasteiger partial charge on any atom is -0.223 e. The van der Waals surface area contributed by atoms with E-state index in [2.05, 4.69) is 0 Å². The number of hydrogen-bond donors (Lipinski definition) is 0. The van der Waals surface area contributed by atoms with Crippen molar-refractivity contribution in [2.24, 2.45) is 0 Å². The number of fused-ring (bicyclic) bond motifs is 2. The SMILES string of the molecule is O=S(=O)(c1ccccc1)C1CC2CCC(C1)N2S(=O)(=O)Cc1ccc(F)cc1. The monoisotopic (exact) mass is 423 g/mol. The van der Waals surface area contributed by atoms with E-state index in [4.69, 9.17) is 0 Å². The molecule has 2 aliphatic rings. The summed E-state index contributed by atoms with van der Waals surface area (Å²) in [6.45, 7) is 0. The molecule has 2 bridgehead atoms. The molecule has 4 rings (SSSR count). The molecule has 2 heterocycles. The van der Waals surface area contributed by atoms with Gasteiger partial charge in [0.25, 0.3) is 0 Å². The lowest BCUT2D eigenvalue weighted by Gasteiger charge is -2.37. The Morgan fingerprint density at radius 2 is 1.43 bits per heavy atom. The van der Waals surface area contributed by atoms with Crippen LogP contribution in [0.4, 0.5) is 4.39 Å². The number of sulfone groups is 1. The van der Waals surface area contributed by atoms with E-state index >= 15 is 0 Å². The number of rotatable bonds is 5. The second kappa shape index (κ2) is 7.24. The van der Waals surface area contributed by atoms with Gasteiger partial charge in [-0.05, 0) is 55.5 Å². The highest BCUT2D eigenvalue weighted by Gasteiger charge is 2.49. The van der Waals surface area contributed by atoms with Crippen molar-refractivity contribution >= 4 is 19.9 Å². The van der Waals surface area contributed by atoms with Gasteiger partial charge in [-0.3, -0.25) is 0 Å². The highest BCUT2D eigenvalue weighted by atomic mass is 32.2. The van der Waals surface area contributed by atoms with Crippen LogP contribution in [0, 0.1) is 5.82 Å². The first-order valence-corrected chi connectivity index (χ1v) is 12.5. The Bertz CT molecular complexity index is 1040. The van der Waals surface area contributed by atoms with Crippen molar-refractivity contribution in [3.05, 3.63) is 66.0 Å². The van der Waals surface area contributed by atoms with E-state index in [1.807, 2.05) is 0 Å². The zero-order valence-corrected chi connectivity index (χ0v) is 16.9. The summed E-state index contributed by atoms with van der Waals surface area (Å²) in [5, 5.41) is -0.565. The molecule has 0 N–H and O–H groups in total. The lowest BCUT2D eigenvalue weighted by molar-refractivity contribution is 0.248. The lowest BCUT2D eigenvalue weighted by Crippen LogP contribution is -2.49. The maximum atomic E-state index is 13.1. The van der Waals surface area contributed by atoms with Gasteiger partial charge in [0.05, 0.1) is 15.9 Å². The average Bonchev–Trinajstić information content (AvgIpc) is 2.95. The van der Waals surface area contributed by atoms with Gasteiger partial charge in [0, 0.05) is 12.1 Å². The summed E-state index contributed by atoms with van der Waals surface area (Å²) in [5.41, 5.74) is 0.528. The second-order valence-corrected chi connectivity index (χ2v) is 11.7. The van der Waals surface area contributed by atoms with Gasteiger partial charge >= 0.3 is 0 Å². The lowest BCUT2D eigenvalue weighted by atomic mass is 10.1. The highest BCUT2D eigenvalue weighted by molar-refractivity contribution is 7.92. The van der Waals surface area contributed by atoms with E-state index in [0.29, 0.717) is 36.1 Å². The fourth-order valence-electron chi connectivity index (χ4n) is 4.46. The summed E-state index contributed by atoms with van der Waals surface area (Å²) in [6.07, 6.45) is 1.98. The van der Waals surface area contributed by atoms with Crippen molar-refractivity contribution < 1.29 is 21.2 Å². The van der Waals surface area contributed by atoms with E-state index in [-0.39, 0.29) is 17.8 Å². The van der Waals surface area contributed by atoms with Gasteiger partial charge in [-0.2, -0.15) is 4.31 Å². The van der Waals surface area contributed by atoms with Crippen LogP contribution in [-0.4, -0.2) is 38.5 Å². The summed E-state index contributed by atoms with van der Waals surface area (Å²) >= 11 is 0. The summed E-state index contributed by atoms with van der Waals surface area (Å²) in [5.74, 6) is -0.607. The summed E-state index contributed by atoms with van der Waals surface area (Å²) in [4.78, 5) is 0.294. The van der Waals surface area contributed by atoms with Crippen LogP contribution in [0.15, 0.2) is 59.5 Å². The zero-order valence-electron chi connectivity index (χ0n) is 15.2. The molecular formula is C20H22FNO4S2. The molecule has 0 amide bonds. The molecule has 28 heavy (non-hydrogen) atoms. The molecule has 2 unspecified atom stereocenters. The molecule has 2 aromatic rings. The fourth-order valence-corrected chi connectivity index (χ4v) is 8.39. The Morgan fingerprint density at radius 3 is 2.00 bits per heavy atom. The summed E-state index contributed by atoms with van der Waals surface area (Å²) < 4.78 is 66.6. The van der Waals surface area contributed by atoms with Crippen molar-refractivity contribution in [2.45, 2.75) is 53.7 Å². The Balaban J connectivity index is 1.55. The molecule has 2 saturated heterocycles. The number of hydrogen-bond acceptors (Lipinski definition) is 4. The van der Waals surface area contributed by atoms with Gasteiger partial charge in [-0.25, -0.2) is 21.2 Å². The van der Waals surface area contributed by atoms with Crippen molar-refractivity contribution in [2.75, 3.05) is 0 Å². The third kappa shape index (κ3) is 3.60. The van der Waals surface area contributed by atoms with Gasteiger partial charge in [0.2, 0.25) is 10.0 Å². The summed E-state index contributed by atoms with van der Waals surface area (Å²) in [6, 6.07) is 13.2. The average molecular weight is 424 g/mol. The number of halogens is 1. The second-order valence-electron chi connectivity index (χ2n) is 7.55. The Morgan fingerprint density at radius 1 is 0.857 bits per heavy atom. The highest BCUT2D eigenvalue weighted by Crippen LogP contribution is 2.42. The number of piperidine rings is 1. The quantitative estimate of drug-likeness (QED) is 0.741. The van der Waals surface area contributed by atoms with Gasteiger partial charge in [0.1, 0.15) is 5.82 Å². The molecule has 0 saturated carbocycles. The number of sulfonamides is 1. The van der Waals surface area contributed by atoms with Crippen LogP contribution in [0.5, 0.6) is 0 Å². The standard InChI is InChI=1S/C20H22FNO4S2/c21-16-8-6-15(7-9-16)14-27(23,24)22-17-10-11-18(22)13-20(12-17)28(25,26)19-4-2-1-3-5-19/h1-9,17-18,20H,10-14H2. The minimum absolute atomic E-state index is 0.198. The van der Waals surface area contributed by atoms with Crippen molar-refractivity contribution in [3.8, 4) is 0 Å². The smallest absolute Gasteiger partial charge is 0.218 e. The molecule has 2 fully saturated rings. The Labute approximate surface area is 165 Å². The van der Waals surface area contributed by atoms with Crippen molar-refractivity contribution in [1.29, 1.82) is 0 Å². The van der Waals surface area contributed by atoms with E-state index in [1.165, 1.54) is 28.6 Å². The normalized spacial score (nSPS) is 25.7. The van der Waals surface area contributed by atoms with Crippen LogP contribution < -0.4 is 0 Å². The van der Waals surface area contributed by atoms with Crippen molar-refractivity contribution in [3.63, 3.8) is 0 Å². The predicted octanol–water partition coefficient (Wildman–Crippen LogP) is 3.12. The first kappa shape index (κ1) is 19.5. The van der Waals surface area contributed by atoms with Gasteiger partial charge in [-0.1, -0.05) is 30.3 Å². The molecule has 150 valence electrons. The van der Waals surface area contributed by atoms with Gasteiger partial charge in [-0.15, -0.1) is 0 Å². The third-order valence-corrected chi connectivity index (χ3v) is 9.85. The summed E-state index contributed by atoms with van der Waals surface area (Å²) in [7, 11) is -7.09. The van der Waals surface area contributed by atoms with Gasteiger partial charge < -0.3 is 0 Å². The first-order valence-electron chi connectivity index (χ1n) is 9.32. The van der Waals surface area contributed by atoms with E-state index in [1.54, 1.807) is 30.3 Å². The Hall–Kier alpha value is -1.77. The van der Waals surface area contributed by atoms with E-state index < -0.39 is 30.9 Å². The first-order chi connectivity index (χ1) is 13.3. The Kier molecular flexibility index (Phi) is 5.05. The molecule has 2 atom stereocenters. The molecule has 2 aromatic carbocycles. The minimum atomic E-state index is -3.60. The maximum Gasteiger partial charge on any atom is 0.218 e. The topological polar surface area (TPSA) is 71.5 Å². The van der Waals surface area contributed by atoms with E-state index in [9.17, 15) is 21.2 Å². The van der Waals surface area contributed by atoms with Crippen LogP contribution in [0.2, 0.25) is 0 Å². The van der Waals surface area contributed by atoms with Crippen molar-refractivity contribution in [1.82, 2.24) is 4.31 Å². The molecule has 5 nitrogen and oxygen atoms in total. The predicted molar refractivity (Wildman–Crippen MR) is 104 cm³/mol. The molecule has 8 heteroatoms. The maximum absolute atomic E-state index is 13.1. The molecular weight excluding hydrogens is 401 g/mol. The van der Waals surface area contributed by atoms with Crippen LogP contribution in [0.3, 0.4) is 0 Å².